The van der Waals surface area contributed by atoms with Crippen molar-refractivity contribution in [2.24, 2.45) is 11.8 Å². The molecule has 15 heteroatoms. The summed E-state index contributed by atoms with van der Waals surface area (Å²) in [6, 6.07) is 0. The van der Waals surface area contributed by atoms with Crippen LogP contribution < -0.4 is 0 Å². The molecular weight excluding hydrogens is 422 g/mol. The number of hydrogen-bond donors (Lipinski definition) is 0. The number of hydrogen-bond acceptors (Lipinski definition) is 11. The highest BCUT2D eigenvalue weighted by molar-refractivity contribution is 6.61. The second-order valence-electron chi connectivity index (χ2n) is 6.02. The van der Waals surface area contributed by atoms with E-state index in [0.29, 0.717) is 0 Å². The summed E-state index contributed by atoms with van der Waals surface area (Å²) in [6.45, 7) is 0. The number of carbonyl (C=O) groups is 8. The smallest absolute Gasteiger partial charge is 0.315 e. The third kappa shape index (κ3) is 3.73. The Morgan fingerprint density at radius 3 is 1.55 bits per heavy atom. The van der Waals surface area contributed by atoms with Gasteiger partial charge in [0.05, 0.1) is 11.8 Å². The Morgan fingerprint density at radius 1 is 0.690 bits per heavy atom. The summed E-state index contributed by atoms with van der Waals surface area (Å²) in [4.78, 5) is 107. The number of hydroxylamine groups is 6. The molecule has 29 heavy (non-hydrogen) atoms. The highest BCUT2D eigenvalue weighted by Crippen LogP contribution is 2.35. The number of imide groups is 3. The quantitative estimate of drug-likeness (QED) is 0.400. The lowest BCUT2D eigenvalue weighted by atomic mass is 9.89. The predicted octanol–water partition coefficient (Wildman–Crippen LogP) is -0.841. The summed E-state index contributed by atoms with van der Waals surface area (Å²) in [7, 11) is 0. The SMILES string of the molecule is O=C(Cl)ON1C(=O)CC(C2CC(=O)N(OC(=O)ON3C(=O)CCC3=O)C2=O)C1=O. The molecule has 0 aliphatic carbocycles. The van der Waals surface area contributed by atoms with Gasteiger partial charge in [-0.1, -0.05) is 10.1 Å². The maximum Gasteiger partial charge on any atom is 0.560 e. The van der Waals surface area contributed by atoms with Gasteiger partial charge in [0, 0.05) is 37.3 Å². The molecule has 3 aliphatic heterocycles. The molecule has 0 spiro atoms. The highest BCUT2D eigenvalue weighted by atomic mass is 35.5. The van der Waals surface area contributed by atoms with Gasteiger partial charge in [0.15, 0.2) is 0 Å². The van der Waals surface area contributed by atoms with Crippen LogP contribution in [0.5, 0.6) is 0 Å². The minimum atomic E-state index is -1.71. The van der Waals surface area contributed by atoms with Crippen molar-refractivity contribution in [2.45, 2.75) is 25.7 Å². The Kier molecular flexibility index (Phi) is 5.19. The molecule has 0 aromatic rings. The van der Waals surface area contributed by atoms with E-state index in [9.17, 15) is 38.4 Å². The van der Waals surface area contributed by atoms with Crippen molar-refractivity contribution in [2.75, 3.05) is 0 Å². The van der Waals surface area contributed by atoms with Crippen molar-refractivity contribution in [3.8, 4) is 0 Å². The van der Waals surface area contributed by atoms with Crippen molar-refractivity contribution in [1.29, 1.82) is 0 Å². The van der Waals surface area contributed by atoms with Crippen LogP contribution in [0.15, 0.2) is 0 Å². The maximum atomic E-state index is 12.4. The van der Waals surface area contributed by atoms with E-state index < -0.39 is 71.7 Å². The fraction of sp³-hybridized carbons (Fsp3) is 0.429. The van der Waals surface area contributed by atoms with Crippen LogP contribution in [0.1, 0.15) is 25.7 Å². The zero-order valence-corrected chi connectivity index (χ0v) is 14.9. The van der Waals surface area contributed by atoms with Gasteiger partial charge in [0.25, 0.3) is 35.4 Å². The van der Waals surface area contributed by atoms with E-state index in [1.54, 1.807) is 0 Å². The zero-order chi connectivity index (χ0) is 21.5. The number of carbonyl (C=O) groups excluding carboxylic acids is 8. The van der Waals surface area contributed by atoms with Gasteiger partial charge in [-0.3, -0.25) is 38.4 Å². The van der Waals surface area contributed by atoms with Crippen molar-refractivity contribution >= 4 is 58.6 Å². The Labute approximate surface area is 165 Å². The highest BCUT2D eigenvalue weighted by Gasteiger charge is 2.54. The summed E-state index contributed by atoms with van der Waals surface area (Å²) in [5, 5.41) is 0.231. The molecule has 2 unspecified atom stereocenters. The van der Waals surface area contributed by atoms with Crippen molar-refractivity contribution in [3.05, 3.63) is 0 Å². The van der Waals surface area contributed by atoms with Gasteiger partial charge in [-0.2, -0.15) is 4.79 Å². The van der Waals surface area contributed by atoms with Crippen LogP contribution >= 0.6 is 11.6 Å². The van der Waals surface area contributed by atoms with Crippen molar-refractivity contribution in [3.63, 3.8) is 0 Å². The number of halogens is 1. The lowest BCUT2D eigenvalue weighted by Crippen LogP contribution is -2.39. The van der Waals surface area contributed by atoms with Gasteiger partial charge in [-0.25, -0.2) is 4.79 Å². The van der Waals surface area contributed by atoms with Crippen molar-refractivity contribution in [1.82, 2.24) is 15.2 Å². The van der Waals surface area contributed by atoms with E-state index in [2.05, 4.69) is 14.5 Å². The van der Waals surface area contributed by atoms with E-state index in [1.807, 2.05) is 0 Å². The first-order valence-corrected chi connectivity index (χ1v) is 8.34. The molecule has 3 fully saturated rings. The van der Waals surface area contributed by atoms with E-state index in [-0.39, 0.29) is 28.0 Å². The third-order valence-electron chi connectivity index (χ3n) is 4.26. The molecule has 3 saturated heterocycles. The largest absolute Gasteiger partial charge is 0.560 e. The van der Waals surface area contributed by atoms with E-state index in [1.165, 1.54) is 0 Å². The van der Waals surface area contributed by atoms with Gasteiger partial charge >= 0.3 is 11.6 Å². The first-order valence-electron chi connectivity index (χ1n) is 7.97. The lowest BCUT2D eigenvalue weighted by molar-refractivity contribution is -0.199. The summed E-state index contributed by atoms with van der Waals surface area (Å²) in [5.74, 6) is -8.59. The number of nitrogens with zero attached hydrogens (tertiary/aromatic N) is 3. The average molecular weight is 432 g/mol. The van der Waals surface area contributed by atoms with E-state index >= 15 is 0 Å². The number of rotatable bonds is 4. The van der Waals surface area contributed by atoms with Crippen molar-refractivity contribution < 1.29 is 52.9 Å². The minimum Gasteiger partial charge on any atom is -0.315 e. The fourth-order valence-corrected chi connectivity index (χ4v) is 3.05. The first kappa shape index (κ1) is 20.2. The van der Waals surface area contributed by atoms with E-state index in [0.717, 1.165) is 0 Å². The van der Waals surface area contributed by atoms with Crippen LogP contribution in [0.25, 0.3) is 0 Å². The van der Waals surface area contributed by atoms with Gasteiger partial charge in [0.1, 0.15) is 0 Å². The standard InChI is InChI=1S/C14H10ClN3O11/c15-13(25)27-17-9(21)3-5(11(17)23)6-4-10(22)18(12(6)24)29-14(26)28-16-7(19)1-2-8(16)20/h5-6H,1-4H2. The topological polar surface area (TPSA) is 174 Å². The Balaban J connectivity index is 1.65. The molecule has 14 nitrogen and oxygen atoms in total. The summed E-state index contributed by atoms with van der Waals surface area (Å²) >= 11 is 4.96. The summed E-state index contributed by atoms with van der Waals surface area (Å²) in [6.07, 6.45) is -3.22. The molecule has 2 atom stereocenters. The molecule has 3 heterocycles. The molecule has 0 radical (unpaired) electrons. The normalized spacial score (nSPS) is 24.7. The molecule has 6 amide bonds. The predicted molar refractivity (Wildman–Crippen MR) is 80.9 cm³/mol. The molecule has 0 aromatic carbocycles. The monoisotopic (exact) mass is 431 g/mol. The third-order valence-corrected chi connectivity index (χ3v) is 4.33. The zero-order valence-electron chi connectivity index (χ0n) is 14.2. The van der Waals surface area contributed by atoms with Crippen LogP contribution in [-0.2, 0) is 43.3 Å². The van der Waals surface area contributed by atoms with Gasteiger partial charge in [0.2, 0.25) is 0 Å². The van der Waals surface area contributed by atoms with Gasteiger partial charge in [-0.05, 0) is 0 Å². The first-order chi connectivity index (χ1) is 13.6. The second-order valence-corrected chi connectivity index (χ2v) is 6.33. The molecule has 3 rings (SSSR count). The Bertz CT molecular complexity index is 855. The molecular formula is C14H10ClN3O11. The van der Waals surface area contributed by atoms with Crippen LogP contribution in [-0.4, -0.2) is 62.2 Å². The van der Waals surface area contributed by atoms with Gasteiger partial charge < -0.3 is 4.84 Å². The lowest BCUT2D eigenvalue weighted by Gasteiger charge is -2.17. The fourth-order valence-electron chi connectivity index (χ4n) is 2.98. The van der Waals surface area contributed by atoms with Crippen LogP contribution in [0.4, 0.5) is 9.59 Å². The molecule has 154 valence electrons. The minimum absolute atomic E-state index is 0.00595. The molecule has 3 aliphatic rings. The van der Waals surface area contributed by atoms with Crippen LogP contribution in [0.2, 0.25) is 0 Å². The molecule has 0 aromatic heterocycles. The van der Waals surface area contributed by atoms with Crippen LogP contribution in [0.3, 0.4) is 0 Å². The van der Waals surface area contributed by atoms with Crippen LogP contribution in [0, 0.1) is 11.8 Å². The van der Waals surface area contributed by atoms with Gasteiger partial charge in [-0.15, -0.1) is 5.06 Å². The molecule has 0 bridgehead atoms. The Morgan fingerprint density at radius 2 is 1.10 bits per heavy atom. The summed E-state index contributed by atoms with van der Waals surface area (Å²) < 4.78 is 0. The average Bonchev–Trinajstić information content (AvgIpc) is 3.20. The molecule has 0 saturated carbocycles. The molecule has 0 N–H and O–H groups in total. The second kappa shape index (κ2) is 7.46. The Hall–Kier alpha value is -3.55. The maximum absolute atomic E-state index is 12.4. The van der Waals surface area contributed by atoms with E-state index in [4.69, 9.17) is 11.6 Å². The number of amides is 6. The summed E-state index contributed by atoms with van der Waals surface area (Å²) in [5.41, 5.74) is -1.46.